The van der Waals surface area contributed by atoms with E-state index in [2.05, 4.69) is 10.4 Å². The van der Waals surface area contributed by atoms with Crippen LogP contribution >= 0.6 is 12.4 Å². The van der Waals surface area contributed by atoms with E-state index < -0.39 is 6.04 Å². The lowest BCUT2D eigenvalue weighted by Crippen LogP contribution is -2.39. The molecule has 0 spiro atoms. The van der Waals surface area contributed by atoms with Gasteiger partial charge in [-0.25, -0.2) is 4.68 Å². The van der Waals surface area contributed by atoms with Crippen LogP contribution in [0.4, 0.5) is 5.69 Å². The molecule has 1 aromatic heterocycles. The molecule has 114 valence electrons. The number of nitrogens with two attached hydrogens (primary N) is 1. The number of anilines is 1. The predicted molar refractivity (Wildman–Crippen MR) is 84.0 cm³/mol. The molecule has 1 aromatic carbocycles. The molecule has 0 aliphatic heterocycles. The van der Waals surface area contributed by atoms with Crippen molar-refractivity contribution in [1.82, 2.24) is 9.78 Å². The average molecular weight is 311 g/mol. The third-order valence-corrected chi connectivity index (χ3v) is 2.95. The molecule has 1 atom stereocenters. The SMILES string of the molecule is COCC(N)C(=O)Nc1cnn(-c2ccccc2)c1C.Cl. The number of nitrogens with one attached hydrogen (secondary N) is 1. The summed E-state index contributed by atoms with van der Waals surface area (Å²) in [6.45, 7) is 2.06. The summed E-state index contributed by atoms with van der Waals surface area (Å²) in [7, 11) is 1.51. The summed E-state index contributed by atoms with van der Waals surface area (Å²) in [5, 5.41) is 7.03. The molecule has 6 nitrogen and oxygen atoms in total. The fraction of sp³-hybridized carbons (Fsp3) is 0.286. The van der Waals surface area contributed by atoms with Crippen molar-refractivity contribution < 1.29 is 9.53 Å². The Balaban J connectivity index is 0.00000220. The summed E-state index contributed by atoms with van der Waals surface area (Å²) < 4.78 is 6.62. The van der Waals surface area contributed by atoms with Crippen LogP contribution in [0, 0.1) is 6.92 Å². The molecule has 3 N–H and O–H groups in total. The number of rotatable bonds is 5. The second-order valence-corrected chi connectivity index (χ2v) is 4.44. The summed E-state index contributed by atoms with van der Waals surface area (Å²) in [6, 6.07) is 9.01. The number of methoxy groups -OCH3 is 1. The smallest absolute Gasteiger partial charge is 0.243 e. The molecule has 0 saturated heterocycles. The minimum atomic E-state index is -0.695. The van der Waals surface area contributed by atoms with Crippen LogP contribution in [-0.2, 0) is 9.53 Å². The van der Waals surface area contributed by atoms with Gasteiger partial charge in [-0.1, -0.05) is 18.2 Å². The van der Waals surface area contributed by atoms with Crippen molar-refractivity contribution in [3.63, 3.8) is 0 Å². The fourth-order valence-electron chi connectivity index (χ4n) is 1.84. The molecule has 0 saturated carbocycles. The Morgan fingerprint density at radius 2 is 2.10 bits per heavy atom. The number of amides is 1. The van der Waals surface area contributed by atoms with Crippen molar-refractivity contribution in [1.29, 1.82) is 0 Å². The van der Waals surface area contributed by atoms with E-state index in [0.717, 1.165) is 11.4 Å². The highest BCUT2D eigenvalue weighted by Gasteiger charge is 2.16. The van der Waals surface area contributed by atoms with Gasteiger partial charge in [-0.2, -0.15) is 5.10 Å². The Morgan fingerprint density at radius 1 is 1.43 bits per heavy atom. The van der Waals surface area contributed by atoms with Crippen LogP contribution in [0.5, 0.6) is 0 Å². The first-order chi connectivity index (χ1) is 9.63. The number of hydrogen-bond donors (Lipinski definition) is 2. The van der Waals surface area contributed by atoms with Crippen LogP contribution in [0.25, 0.3) is 5.69 Å². The molecular formula is C14H19ClN4O2. The van der Waals surface area contributed by atoms with Crippen molar-refractivity contribution in [3.8, 4) is 5.69 Å². The zero-order chi connectivity index (χ0) is 14.5. The fourth-order valence-corrected chi connectivity index (χ4v) is 1.84. The van der Waals surface area contributed by atoms with Gasteiger partial charge in [0, 0.05) is 7.11 Å². The summed E-state index contributed by atoms with van der Waals surface area (Å²) in [5.74, 6) is -0.289. The van der Waals surface area contributed by atoms with Crippen LogP contribution in [0.2, 0.25) is 0 Å². The molecule has 0 fully saturated rings. The lowest BCUT2D eigenvalue weighted by atomic mass is 10.3. The molecule has 0 aliphatic carbocycles. The van der Waals surface area contributed by atoms with Gasteiger partial charge in [-0.3, -0.25) is 4.79 Å². The van der Waals surface area contributed by atoms with Gasteiger partial charge in [0.25, 0.3) is 0 Å². The van der Waals surface area contributed by atoms with E-state index in [4.69, 9.17) is 10.5 Å². The minimum Gasteiger partial charge on any atom is -0.383 e. The highest BCUT2D eigenvalue weighted by atomic mass is 35.5. The van der Waals surface area contributed by atoms with Crippen molar-refractivity contribution in [3.05, 3.63) is 42.2 Å². The first-order valence-corrected chi connectivity index (χ1v) is 6.29. The zero-order valence-corrected chi connectivity index (χ0v) is 12.8. The van der Waals surface area contributed by atoms with E-state index in [-0.39, 0.29) is 24.9 Å². The van der Waals surface area contributed by atoms with E-state index in [1.165, 1.54) is 7.11 Å². The van der Waals surface area contributed by atoms with Crippen molar-refractivity contribution in [2.24, 2.45) is 5.73 Å². The standard InChI is InChI=1S/C14H18N4O2.ClH/c1-10-13(17-14(19)12(15)9-20-2)8-16-18(10)11-6-4-3-5-7-11;/h3-8,12H,9,15H2,1-2H3,(H,17,19);1H. The first-order valence-electron chi connectivity index (χ1n) is 6.29. The Kier molecular flexibility index (Phi) is 6.36. The second kappa shape index (κ2) is 7.78. The Hall–Kier alpha value is -1.89. The molecule has 7 heteroatoms. The quantitative estimate of drug-likeness (QED) is 0.877. The van der Waals surface area contributed by atoms with Crippen LogP contribution in [0.1, 0.15) is 5.69 Å². The molecule has 21 heavy (non-hydrogen) atoms. The number of benzene rings is 1. The third kappa shape index (κ3) is 4.04. The number of para-hydroxylation sites is 1. The van der Waals surface area contributed by atoms with Gasteiger partial charge in [-0.15, -0.1) is 12.4 Å². The highest BCUT2D eigenvalue weighted by molar-refractivity contribution is 5.95. The molecule has 1 amide bonds. The third-order valence-electron chi connectivity index (χ3n) is 2.95. The molecule has 1 unspecified atom stereocenters. The van der Waals surface area contributed by atoms with Gasteiger partial charge in [0.1, 0.15) is 6.04 Å². The van der Waals surface area contributed by atoms with Crippen LogP contribution < -0.4 is 11.1 Å². The van der Waals surface area contributed by atoms with Crippen LogP contribution in [0.15, 0.2) is 36.5 Å². The van der Waals surface area contributed by atoms with Gasteiger partial charge in [0.2, 0.25) is 5.91 Å². The largest absolute Gasteiger partial charge is 0.383 e. The molecule has 1 heterocycles. The van der Waals surface area contributed by atoms with Crippen molar-refractivity contribution in [2.45, 2.75) is 13.0 Å². The molecule has 0 radical (unpaired) electrons. The van der Waals surface area contributed by atoms with Gasteiger partial charge in [0.05, 0.1) is 29.9 Å². The first kappa shape index (κ1) is 17.2. The second-order valence-electron chi connectivity index (χ2n) is 4.44. The number of ether oxygens (including phenoxy) is 1. The molecule has 2 aromatic rings. The lowest BCUT2D eigenvalue weighted by molar-refractivity contribution is -0.118. The van der Waals surface area contributed by atoms with E-state index in [1.54, 1.807) is 10.9 Å². The monoisotopic (exact) mass is 310 g/mol. The van der Waals surface area contributed by atoms with Crippen molar-refractivity contribution in [2.75, 3.05) is 19.0 Å². The maximum absolute atomic E-state index is 11.8. The Bertz CT molecular complexity index is 586. The van der Waals surface area contributed by atoms with Crippen LogP contribution in [-0.4, -0.2) is 35.4 Å². The number of nitrogens with zero attached hydrogens (tertiary/aromatic N) is 2. The van der Waals surface area contributed by atoms with Crippen molar-refractivity contribution >= 4 is 24.0 Å². The summed E-state index contributed by atoms with van der Waals surface area (Å²) >= 11 is 0. The highest BCUT2D eigenvalue weighted by Crippen LogP contribution is 2.18. The minimum absolute atomic E-state index is 0. The molecule has 2 rings (SSSR count). The van der Waals surface area contributed by atoms with E-state index in [9.17, 15) is 4.79 Å². The number of carbonyl (C=O) groups excluding carboxylic acids is 1. The van der Waals surface area contributed by atoms with Gasteiger partial charge >= 0.3 is 0 Å². The topological polar surface area (TPSA) is 82.2 Å². The normalized spacial score (nSPS) is 11.6. The van der Waals surface area contributed by atoms with E-state index >= 15 is 0 Å². The predicted octanol–water partition coefficient (Wildman–Crippen LogP) is 1.51. The van der Waals surface area contributed by atoms with Gasteiger partial charge < -0.3 is 15.8 Å². The molecular weight excluding hydrogens is 292 g/mol. The molecule has 0 aliphatic rings. The average Bonchev–Trinajstić information content (AvgIpc) is 2.81. The number of halogens is 1. The van der Waals surface area contributed by atoms with Gasteiger partial charge in [0.15, 0.2) is 0 Å². The molecule has 0 bridgehead atoms. The zero-order valence-electron chi connectivity index (χ0n) is 11.9. The summed E-state index contributed by atoms with van der Waals surface area (Å²) in [5.41, 5.74) is 8.10. The lowest BCUT2D eigenvalue weighted by Gasteiger charge is -2.11. The van der Waals surface area contributed by atoms with E-state index in [1.807, 2.05) is 37.3 Å². The number of carbonyl (C=O) groups is 1. The summed E-state index contributed by atoms with van der Waals surface area (Å²) in [4.78, 5) is 11.8. The van der Waals surface area contributed by atoms with E-state index in [0.29, 0.717) is 5.69 Å². The maximum Gasteiger partial charge on any atom is 0.243 e. The Labute approximate surface area is 129 Å². The maximum atomic E-state index is 11.8. The summed E-state index contributed by atoms with van der Waals surface area (Å²) in [6.07, 6.45) is 1.61. The number of hydrogen-bond acceptors (Lipinski definition) is 4. The Morgan fingerprint density at radius 3 is 2.71 bits per heavy atom. The number of aromatic nitrogens is 2. The van der Waals surface area contributed by atoms with Gasteiger partial charge in [-0.05, 0) is 19.1 Å². The van der Waals surface area contributed by atoms with Crippen LogP contribution in [0.3, 0.4) is 0 Å².